The number of benzene rings is 1. The third-order valence-corrected chi connectivity index (χ3v) is 3.16. The number of carbonyl (C=O) groups excluding carboxylic acids is 1. The summed E-state index contributed by atoms with van der Waals surface area (Å²) < 4.78 is 13.2. The third kappa shape index (κ3) is 2.81. The first-order valence-electron chi connectivity index (χ1n) is 6.40. The average molecular weight is 250 g/mol. The highest BCUT2D eigenvalue weighted by atomic mass is 19.1. The molecule has 0 aliphatic carbocycles. The van der Waals surface area contributed by atoms with Gasteiger partial charge in [-0.25, -0.2) is 9.18 Å². The smallest absolute Gasteiger partial charge is 0.318 e. The van der Waals surface area contributed by atoms with Crippen molar-refractivity contribution in [1.82, 2.24) is 10.2 Å². The Morgan fingerprint density at radius 1 is 1.50 bits per heavy atom. The Labute approximate surface area is 107 Å². The Morgan fingerprint density at radius 2 is 2.28 bits per heavy atom. The molecule has 0 saturated carbocycles. The molecule has 0 spiro atoms. The maximum absolute atomic E-state index is 13.2. The van der Waals surface area contributed by atoms with Crippen LogP contribution in [0.4, 0.5) is 9.18 Å². The van der Waals surface area contributed by atoms with Crippen LogP contribution in [-0.4, -0.2) is 23.5 Å². The molecule has 2 rings (SSSR count). The van der Waals surface area contributed by atoms with Gasteiger partial charge in [0.2, 0.25) is 0 Å². The van der Waals surface area contributed by atoms with Crippen molar-refractivity contribution in [3.63, 3.8) is 0 Å². The van der Waals surface area contributed by atoms with E-state index in [0.717, 1.165) is 24.9 Å². The van der Waals surface area contributed by atoms with Gasteiger partial charge in [-0.1, -0.05) is 12.1 Å². The number of urea groups is 1. The topological polar surface area (TPSA) is 32.3 Å². The maximum Gasteiger partial charge on any atom is 0.318 e. The van der Waals surface area contributed by atoms with Gasteiger partial charge >= 0.3 is 6.03 Å². The van der Waals surface area contributed by atoms with Crippen LogP contribution in [0.5, 0.6) is 0 Å². The van der Waals surface area contributed by atoms with Crippen LogP contribution in [0.1, 0.15) is 38.3 Å². The van der Waals surface area contributed by atoms with Gasteiger partial charge < -0.3 is 10.2 Å². The molecular formula is C14H19FN2O. The molecule has 0 unspecified atom stereocenters. The predicted octanol–water partition coefficient (Wildman–Crippen LogP) is 3.08. The number of carbonyl (C=O) groups is 1. The van der Waals surface area contributed by atoms with Crippen molar-refractivity contribution >= 4 is 6.03 Å². The fourth-order valence-corrected chi connectivity index (χ4v) is 2.40. The second-order valence-corrected chi connectivity index (χ2v) is 5.01. The molecule has 1 fully saturated rings. The lowest BCUT2D eigenvalue weighted by molar-refractivity contribution is 0.190. The second-order valence-electron chi connectivity index (χ2n) is 5.01. The monoisotopic (exact) mass is 250 g/mol. The summed E-state index contributed by atoms with van der Waals surface area (Å²) in [5.74, 6) is -0.247. The van der Waals surface area contributed by atoms with Crippen molar-refractivity contribution in [2.24, 2.45) is 0 Å². The highest BCUT2D eigenvalue weighted by Crippen LogP contribution is 2.32. The molecule has 18 heavy (non-hydrogen) atoms. The number of hydrogen-bond acceptors (Lipinski definition) is 1. The van der Waals surface area contributed by atoms with Gasteiger partial charge in [0.15, 0.2) is 0 Å². The molecule has 0 radical (unpaired) electrons. The lowest BCUT2D eigenvalue weighted by atomic mass is 10.0. The third-order valence-electron chi connectivity index (χ3n) is 3.16. The fourth-order valence-electron chi connectivity index (χ4n) is 2.40. The van der Waals surface area contributed by atoms with Crippen LogP contribution >= 0.6 is 0 Å². The van der Waals surface area contributed by atoms with E-state index in [-0.39, 0.29) is 23.9 Å². The Morgan fingerprint density at radius 3 is 2.94 bits per heavy atom. The summed E-state index contributed by atoms with van der Waals surface area (Å²) in [7, 11) is 0. The first kappa shape index (κ1) is 12.9. The van der Waals surface area contributed by atoms with E-state index in [1.807, 2.05) is 19.9 Å². The standard InChI is InChI=1S/C14H19FN2O/c1-10(2)16-14(18)17-8-4-7-13(17)11-5-3-6-12(15)9-11/h3,5-6,9-10,13H,4,7-8H2,1-2H3,(H,16,18)/t13-/m0/s1. The quantitative estimate of drug-likeness (QED) is 0.859. The lowest BCUT2D eigenvalue weighted by Crippen LogP contribution is -2.42. The SMILES string of the molecule is CC(C)NC(=O)N1CCC[C@H]1c1cccc(F)c1. The molecule has 1 N–H and O–H groups in total. The average Bonchev–Trinajstić information content (AvgIpc) is 2.76. The first-order chi connectivity index (χ1) is 8.58. The Bertz CT molecular complexity index is 434. The van der Waals surface area contributed by atoms with Gasteiger partial charge in [0, 0.05) is 12.6 Å². The number of likely N-dealkylation sites (tertiary alicyclic amines) is 1. The minimum absolute atomic E-state index is 0.000509. The largest absolute Gasteiger partial charge is 0.336 e. The summed E-state index contributed by atoms with van der Waals surface area (Å²) in [6, 6.07) is 6.58. The van der Waals surface area contributed by atoms with Crippen molar-refractivity contribution in [3.05, 3.63) is 35.6 Å². The van der Waals surface area contributed by atoms with Crippen molar-refractivity contribution in [1.29, 1.82) is 0 Å². The van der Waals surface area contributed by atoms with E-state index < -0.39 is 0 Å². The summed E-state index contributed by atoms with van der Waals surface area (Å²) in [4.78, 5) is 13.8. The summed E-state index contributed by atoms with van der Waals surface area (Å²) >= 11 is 0. The van der Waals surface area contributed by atoms with E-state index >= 15 is 0 Å². The van der Waals surface area contributed by atoms with Gasteiger partial charge in [-0.2, -0.15) is 0 Å². The summed E-state index contributed by atoms with van der Waals surface area (Å²) in [6.45, 7) is 4.61. The van der Waals surface area contributed by atoms with Gasteiger partial charge in [0.25, 0.3) is 0 Å². The van der Waals surface area contributed by atoms with Crippen LogP contribution in [-0.2, 0) is 0 Å². The zero-order chi connectivity index (χ0) is 13.1. The molecule has 1 saturated heterocycles. The Kier molecular flexibility index (Phi) is 3.84. The number of amides is 2. The van der Waals surface area contributed by atoms with Crippen molar-refractivity contribution < 1.29 is 9.18 Å². The Balaban J connectivity index is 2.14. The highest BCUT2D eigenvalue weighted by molar-refractivity contribution is 5.75. The van der Waals surface area contributed by atoms with Crippen LogP contribution in [0.2, 0.25) is 0 Å². The number of rotatable bonds is 2. The zero-order valence-corrected chi connectivity index (χ0v) is 10.8. The molecule has 1 aromatic carbocycles. The van der Waals surface area contributed by atoms with E-state index in [0.29, 0.717) is 0 Å². The second kappa shape index (κ2) is 5.38. The molecule has 0 aromatic heterocycles. The molecule has 3 nitrogen and oxygen atoms in total. The number of hydrogen-bond donors (Lipinski definition) is 1. The van der Waals surface area contributed by atoms with Crippen LogP contribution in [0, 0.1) is 5.82 Å². The first-order valence-corrected chi connectivity index (χ1v) is 6.40. The van der Waals surface area contributed by atoms with E-state index in [2.05, 4.69) is 5.32 Å². The number of nitrogens with one attached hydrogen (secondary N) is 1. The van der Waals surface area contributed by atoms with Gasteiger partial charge in [-0.3, -0.25) is 0 Å². The van der Waals surface area contributed by atoms with Crippen LogP contribution in [0.3, 0.4) is 0 Å². The van der Waals surface area contributed by atoms with Gasteiger partial charge in [0.05, 0.1) is 6.04 Å². The molecule has 2 amide bonds. The van der Waals surface area contributed by atoms with E-state index in [1.165, 1.54) is 12.1 Å². The molecule has 1 aliphatic heterocycles. The lowest BCUT2D eigenvalue weighted by Gasteiger charge is -2.26. The molecule has 98 valence electrons. The minimum Gasteiger partial charge on any atom is -0.336 e. The highest BCUT2D eigenvalue weighted by Gasteiger charge is 2.30. The fraction of sp³-hybridized carbons (Fsp3) is 0.500. The van der Waals surface area contributed by atoms with Crippen molar-refractivity contribution in [2.45, 2.75) is 38.8 Å². The van der Waals surface area contributed by atoms with E-state index in [4.69, 9.17) is 0 Å². The summed E-state index contributed by atoms with van der Waals surface area (Å²) in [6.07, 6.45) is 1.86. The van der Waals surface area contributed by atoms with Crippen LogP contribution < -0.4 is 5.32 Å². The van der Waals surface area contributed by atoms with Gasteiger partial charge in [-0.15, -0.1) is 0 Å². The molecule has 4 heteroatoms. The molecule has 1 heterocycles. The predicted molar refractivity (Wildman–Crippen MR) is 68.7 cm³/mol. The summed E-state index contributed by atoms with van der Waals surface area (Å²) in [5.41, 5.74) is 0.881. The van der Waals surface area contributed by atoms with Crippen molar-refractivity contribution in [2.75, 3.05) is 6.54 Å². The zero-order valence-electron chi connectivity index (χ0n) is 10.8. The van der Waals surface area contributed by atoms with Crippen molar-refractivity contribution in [3.8, 4) is 0 Å². The Hall–Kier alpha value is -1.58. The molecular weight excluding hydrogens is 231 g/mol. The summed E-state index contributed by atoms with van der Waals surface area (Å²) in [5, 5.41) is 2.89. The maximum atomic E-state index is 13.2. The minimum atomic E-state index is -0.247. The number of nitrogens with zero attached hydrogens (tertiary/aromatic N) is 1. The van der Waals surface area contributed by atoms with Gasteiger partial charge in [0.1, 0.15) is 5.82 Å². The van der Waals surface area contributed by atoms with Crippen LogP contribution in [0.25, 0.3) is 0 Å². The molecule has 1 atom stereocenters. The van der Waals surface area contributed by atoms with E-state index in [1.54, 1.807) is 11.0 Å². The molecule has 1 aliphatic rings. The van der Waals surface area contributed by atoms with E-state index in [9.17, 15) is 9.18 Å². The normalized spacial score (nSPS) is 19.3. The van der Waals surface area contributed by atoms with Gasteiger partial charge in [-0.05, 0) is 44.4 Å². The molecule has 0 bridgehead atoms. The van der Waals surface area contributed by atoms with Crippen LogP contribution in [0.15, 0.2) is 24.3 Å². The number of halogens is 1. The molecule has 1 aromatic rings.